The summed E-state index contributed by atoms with van der Waals surface area (Å²) in [7, 11) is 0. The van der Waals surface area contributed by atoms with Gasteiger partial charge in [0.2, 0.25) is 5.91 Å². The summed E-state index contributed by atoms with van der Waals surface area (Å²) in [6.07, 6.45) is 8.35. The maximum absolute atomic E-state index is 12.7. The molecule has 0 saturated heterocycles. The van der Waals surface area contributed by atoms with Gasteiger partial charge in [0.25, 0.3) is 0 Å². The molecule has 5 rings (SSSR count). The van der Waals surface area contributed by atoms with Crippen LogP contribution in [0.1, 0.15) is 68.1 Å². The van der Waals surface area contributed by atoms with Crippen LogP contribution in [0.4, 0.5) is 5.82 Å². The maximum atomic E-state index is 12.7. The van der Waals surface area contributed by atoms with Crippen LogP contribution in [0.3, 0.4) is 0 Å². The molecule has 0 spiro atoms. The van der Waals surface area contributed by atoms with Crippen molar-refractivity contribution in [1.82, 2.24) is 4.98 Å². The minimum Gasteiger partial charge on any atom is -0.411 e. The summed E-state index contributed by atoms with van der Waals surface area (Å²) in [6.45, 7) is 4.30. The third-order valence-electron chi connectivity index (χ3n) is 8.56. The second kappa shape index (κ2) is 8.34. The second-order valence-electron chi connectivity index (χ2n) is 10.3. The Morgan fingerprint density at radius 2 is 2.12 bits per heavy atom. The first-order valence-electron chi connectivity index (χ1n) is 12.0. The van der Waals surface area contributed by atoms with Crippen molar-refractivity contribution in [2.45, 2.75) is 64.7 Å². The first kappa shape index (κ1) is 21.2. The molecule has 5 atom stereocenters. The predicted molar refractivity (Wildman–Crippen MR) is 126 cm³/mol. The van der Waals surface area contributed by atoms with Crippen LogP contribution in [0.25, 0.3) is 0 Å². The molecular formula is C27H33N3O2. The topological polar surface area (TPSA) is 74.6 Å². The predicted octanol–water partition coefficient (Wildman–Crippen LogP) is 5.72. The van der Waals surface area contributed by atoms with Gasteiger partial charge < -0.3 is 10.5 Å². The van der Waals surface area contributed by atoms with Crippen LogP contribution in [-0.4, -0.2) is 21.8 Å². The zero-order valence-electron chi connectivity index (χ0n) is 19.1. The molecule has 168 valence electrons. The highest BCUT2D eigenvalue weighted by Gasteiger charge is 2.57. The molecule has 3 aliphatic rings. The first-order valence-corrected chi connectivity index (χ1v) is 12.0. The molecule has 3 aliphatic carbocycles. The summed E-state index contributed by atoms with van der Waals surface area (Å²) in [5, 5.41) is 16.6. The normalized spacial score (nSPS) is 32.1. The third kappa shape index (κ3) is 3.62. The summed E-state index contributed by atoms with van der Waals surface area (Å²) in [5.74, 6) is 2.65. The van der Waals surface area contributed by atoms with E-state index < -0.39 is 0 Å². The fourth-order valence-corrected chi connectivity index (χ4v) is 7.15. The van der Waals surface area contributed by atoms with E-state index in [-0.39, 0.29) is 11.3 Å². The average Bonchev–Trinajstić information content (AvgIpc) is 3.09. The van der Waals surface area contributed by atoms with Crippen LogP contribution < -0.4 is 5.32 Å². The van der Waals surface area contributed by atoms with Crippen molar-refractivity contribution in [3.05, 3.63) is 59.3 Å². The molecule has 2 fully saturated rings. The zero-order valence-corrected chi connectivity index (χ0v) is 19.1. The second-order valence-corrected chi connectivity index (χ2v) is 10.3. The van der Waals surface area contributed by atoms with E-state index >= 15 is 0 Å². The highest BCUT2D eigenvalue weighted by Crippen LogP contribution is 2.62. The smallest absolute Gasteiger partial charge is 0.225 e. The Kier molecular flexibility index (Phi) is 5.52. The van der Waals surface area contributed by atoms with Gasteiger partial charge in [0.1, 0.15) is 5.82 Å². The molecule has 0 bridgehead atoms. The molecule has 3 unspecified atom stereocenters. The number of nitrogens with zero attached hydrogens (tertiary/aromatic N) is 2. The molecule has 1 aromatic carbocycles. The Bertz CT molecular complexity index is 1050. The lowest BCUT2D eigenvalue weighted by Crippen LogP contribution is -2.44. The van der Waals surface area contributed by atoms with Crippen LogP contribution >= 0.6 is 0 Å². The molecule has 2 aromatic rings. The Labute approximate surface area is 190 Å². The van der Waals surface area contributed by atoms with Gasteiger partial charge in [-0.05, 0) is 97.9 Å². The van der Waals surface area contributed by atoms with Crippen LogP contribution in [0.5, 0.6) is 0 Å². The largest absolute Gasteiger partial charge is 0.411 e. The van der Waals surface area contributed by atoms with Gasteiger partial charge in [-0.25, -0.2) is 4.98 Å². The summed E-state index contributed by atoms with van der Waals surface area (Å²) in [4.78, 5) is 16.9. The molecular weight excluding hydrogens is 398 g/mol. The van der Waals surface area contributed by atoms with Crippen LogP contribution in [-0.2, 0) is 11.2 Å². The lowest BCUT2D eigenvalue weighted by Gasteiger charge is -2.50. The van der Waals surface area contributed by atoms with E-state index in [1.165, 1.54) is 17.5 Å². The fourth-order valence-electron chi connectivity index (χ4n) is 7.15. The molecule has 2 N–H and O–H groups in total. The van der Waals surface area contributed by atoms with Gasteiger partial charge in [-0.1, -0.05) is 36.3 Å². The Morgan fingerprint density at radius 3 is 2.94 bits per heavy atom. The number of aryl methyl sites for hydroxylation is 2. The summed E-state index contributed by atoms with van der Waals surface area (Å²) in [5.41, 5.74) is 5.01. The van der Waals surface area contributed by atoms with Gasteiger partial charge in [0.15, 0.2) is 0 Å². The number of benzene rings is 1. The Hall–Kier alpha value is -2.69. The van der Waals surface area contributed by atoms with Crippen LogP contribution in [0, 0.1) is 30.1 Å². The quantitative estimate of drug-likeness (QED) is 0.480. The molecule has 32 heavy (non-hydrogen) atoms. The van der Waals surface area contributed by atoms with Crippen molar-refractivity contribution in [3.63, 3.8) is 0 Å². The van der Waals surface area contributed by atoms with Gasteiger partial charge >= 0.3 is 0 Å². The highest BCUT2D eigenvalue weighted by atomic mass is 16.4. The SMILES string of the molecule is Cc1ccnc(NC(=O)CC[C@@H]2C/C(=N\O)[C@@]3(C)CCC4c5ccccc5CCC4C23)c1. The van der Waals surface area contributed by atoms with E-state index in [1.54, 1.807) is 6.20 Å². The van der Waals surface area contributed by atoms with E-state index in [0.717, 1.165) is 43.4 Å². The highest BCUT2D eigenvalue weighted by molar-refractivity contribution is 5.93. The number of nitrogens with one attached hydrogen (secondary N) is 1. The van der Waals surface area contributed by atoms with E-state index in [4.69, 9.17) is 0 Å². The minimum absolute atomic E-state index is 0.0144. The number of pyridine rings is 1. The van der Waals surface area contributed by atoms with E-state index in [1.807, 2.05) is 19.1 Å². The number of anilines is 1. The molecule has 1 amide bonds. The number of carbonyl (C=O) groups is 1. The number of hydrogen-bond donors (Lipinski definition) is 2. The van der Waals surface area contributed by atoms with Crippen LogP contribution in [0.2, 0.25) is 0 Å². The minimum atomic E-state index is -0.0541. The molecule has 5 nitrogen and oxygen atoms in total. The number of oxime groups is 1. The van der Waals surface area contributed by atoms with Crippen molar-refractivity contribution in [3.8, 4) is 0 Å². The summed E-state index contributed by atoms with van der Waals surface area (Å²) < 4.78 is 0. The fraction of sp³-hybridized carbons (Fsp3) is 0.519. The molecule has 0 aliphatic heterocycles. The summed E-state index contributed by atoms with van der Waals surface area (Å²) >= 11 is 0. The average molecular weight is 432 g/mol. The van der Waals surface area contributed by atoms with Crippen molar-refractivity contribution in [2.75, 3.05) is 5.32 Å². The molecule has 1 aromatic heterocycles. The lowest BCUT2D eigenvalue weighted by atomic mass is 9.54. The number of rotatable bonds is 4. The number of hydrogen-bond acceptors (Lipinski definition) is 4. The molecule has 0 radical (unpaired) electrons. The van der Waals surface area contributed by atoms with E-state index in [2.05, 4.69) is 46.6 Å². The van der Waals surface area contributed by atoms with Crippen molar-refractivity contribution in [2.24, 2.45) is 28.3 Å². The molecule has 5 heteroatoms. The number of fused-ring (bicyclic) bond motifs is 5. The van der Waals surface area contributed by atoms with Gasteiger partial charge in [0, 0.05) is 18.0 Å². The Morgan fingerprint density at radius 1 is 1.28 bits per heavy atom. The van der Waals surface area contributed by atoms with Crippen molar-refractivity contribution in [1.29, 1.82) is 0 Å². The number of aromatic nitrogens is 1. The first-order chi connectivity index (χ1) is 15.5. The molecule has 2 saturated carbocycles. The third-order valence-corrected chi connectivity index (χ3v) is 8.56. The monoisotopic (exact) mass is 431 g/mol. The van der Waals surface area contributed by atoms with Gasteiger partial charge in [-0.3, -0.25) is 4.79 Å². The maximum Gasteiger partial charge on any atom is 0.225 e. The number of carbonyl (C=O) groups excluding carboxylic acids is 1. The van der Waals surface area contributed by atoms with E-state index in [0.29, 0.717) is 35.9 Å². The van der Waals surface area contributed by atoms with Gasteiger partial charge in [-0.15, -0.1) is 0 Å². The standard InChI is InChI=1S/C27H33N3O2/c1-17-12-14-28-24(15-17)29-25(31)10-8-19-16-23(30-32)27(2)13-11-21-20-6-4-3-5-18(20)7-9-22(21)26(19)27/h3-6,12,14-15,19,21-22,26,32H,7-11,13,16H2,1-2H3,(H,28,29,31)/b30-23+/t19-,21?,22?,26?,27-/m1/s1. The van der Waals surface area contributed by atoms with E-state index in [9.17, 15) is 10.0 Å². The van der Waals surface area contributed by atoms with Gasteiger partial charge in [0.05, 0.1) is 5.71 Å². The zero-order chi connectivity index (χ0) is 22.3. The lowest BCUT2D eigenvalue weighted by molar-refractivity contribution is -0.116. The summed E-state index contributed by atoms with van der Waals surface area (Å²) in [6, 6.07) is 12.8. The van der Waals surface area contributed by atoms with Crippen molar-refractivity contribution >= 4 is 17.4 Å². The van der Waals surface area contributed by atoms with Gasteiger partial charge in [-0.2, -0.15) is 0 Å². The molecule has 1 heterocycles. The van der Waals surface area contributed by atoms with Crippen molar-refractivity contribution < 1.29 is 10.0 Å². The Balaban J connectivity index is 1.34. The number of amides is 1. The van der Waals surface area contributed by atoms with Crippen LogP contribution in [0.15, 0.2) is 47.8 Å².